The van der Waals surface area contributed by atoms with Gasteiger partial charge in [0.05, 0.1) is 6.54 Å². The van der Waals surface area contributed by atoms with E-state index in [1.54, 1.807) is 0 Å². The largest absolute Gasteiger partial charge is 0.304 e. The van der Waals surface area contributed by atoms with Gasteiger partial charge < -0.3 is 0 Å². The van der Waals surface area contributed by atoms with Crippen LogP contribution < -0.4 is 0 Å². The fourth-order valence-corrected chi connectivity index (χ4v) is 0.849. The Kier molecular flexibility index (Phi) is 3.31. The first-order valence-electron chi connectivity index (χ1n) is 3.78. The molecule has 0 amide bonds. The summed E-state index contributed by atoms with van der Waals surface area (Å²) in [5, 5.41) is 6.99. The van der Waals surface area contributed by atoms with Crippen LogP contribution >= 0.6 is 0 Å². The Labute approximate surface area is 63.1 Å². The van der Waals surface area contributed by atoms with E-state index in [9.17, 15) is 0 Å². The monoisotopic (exact) mass is 141 g/mol. The predicted octanol–water partition coefficient (Wildman–Crippen LogP) is 1.96. The van der Waals surface area contributed by atoms with Gasteiger partial charge in [-0.25, -0.2) is 4.58 Å². The summed E-state index contributed by atoms with van der Waals surface area (Å²) in [6, 6.07) is 2.43. The van der Waals surface area contributed by atoms with Gasteiger partial charge in [-0.3, -0.25) is 0 Å². The lowest BCUT2D eigenvalue weighted by atomic mass is 10.0. The van der Waals surface area contributed by atoms with E-state index in [1.807, 2.05) is 11.5 Å². The maximum Gasteiger partial charge on any atom is 0.304 e. The van der Waals surface area contributed by atoms with Crippen LogP contribution in [0.2, 0.25) is 0 Å². The van der Waals surface area contributed by atoms with Crippen molar-refractivity contribution in [3.8, 4) is 0 Å². The second-order valence-corrected chi connectivity index (χ2v) is 3.02. The molecule has 0 atom stereocenters. The molecular weight excluding hydrogens is 124 g/mol. The zero-order valence-corrected chi connectivity index (χ0v) is 7.36. The van der Waals surface area contributed by atoms with E-state index in [4.69, 9.17) is 5.41 Å². The molecule has 0 fully saturated rings. The molecule has 0 saturated heterocycles. The van der Waals surface area contributed by atoms with E-state index < -0.39 is 0 Å². The van der Waals surface area contributed by atoms with Crippen LogP contribution in [0.1, 0.15) is 34.1 Å². The summed E-state index contributed by atoms with van der Waals surface area (Å²) >= 11 is 0. The fourth-order valence-electron chi connectivity index (χ4n) is 0.849. The van der Waals surface area contributed by atoms with E-state index in [0.29, 0.717) is 0 Å². The lowest BCUT2D eigenvalue weighted by Crippen LogP contribution is -2.34. The Morgan fingerprint density at radius 3 is 2.00 bits per heavy atom. The molecule has 0 aromatic heterocycles. The van der Waals surface area contributed by atoms with Crippen molar-refractivity contribution in [2.45, 2.75) is 39.7 Å². The molecule has 1 N–H and O–H groups in total. The highest BCUT2D eigenvalue weighted by atomic mass is 15.1. The van der Waals surface area contributed by atoms with Crippen LogP contribution in [-0.2, 0) is 0 Å². The fraction of sp³-hybridized carbons (Fsp3) is 0.875. The molecule has 0 unspecified atom stereocenters. The minimum Gasteiger partial charge on any atom is -0.216 e. The van der Waals surface area contributed by atoms with Gasteiger partial charge in [0.25, 0.3) is 0 Å². The molecule has 10 heavy (non-hydrogen) atoms. The lowest BCUT2D eigenvalue weighted by molar-refractivity contribution is -0.593. The molecule has 0 spiro atoms. The Morgan fingerprint density at radius 1 is 1.40 bits per heavy atom. The number of rotatable bonds is 3. The summed E-state index contributed by atoms with van der Waals surface area (Å²) in [5.41, 5.74) is 0.0938. The zero-order valence-electron chi connectivity index (χ0n) is 7.36. The summed E-state index contributed by atoms with van der Waals surface area (Å²) in [4.78, 5) is 0. The predicted molar refractivity (Wildman–Crippen MR) is 42.9 cm³/mol. The summed E-state index contributed by atoms with van der Waals surface area (Å²) in [6.45, 7) is 9.28. The van der Waals surface area contributed by atoms with Crippen molar-refractivity contribution in [1.82, 2.24) is 0 Å². The minimum absolute atomic E-state index is 0.0938. The van der Waals surface area contributed by atoms with Gasteiger partial charge in [0.1, 0.15) is 5.54 Å². The molecule has 0 aromatic carbocycles. The second-order valence-electron chi connectivity index (χ2n) is 3.02. The van der Waals surface area contributed by atoms with Crippen LogP contribution in [0.25, 0.3) is 0 Å². The van der Waals surface area contributed by atoms with Gasteiger partial charge in [-0.2, -0.15) is 0 Å². The molecule has 0 aliphatic rings. The summed E-state index contributed by atoms with van der Waals surface area (Å²) < 4.78 is 1.91. The van der Waals surface area contributed by atoms with Crippen LogP contribution in [0.5, 0.6) is 0 Å². The molecule has 0 bridgehead atoms. The molecule has 0 aliphatic heterocycles. The Morgan fingerprint density at radius 2 is 1.90 bits per heavy atom. The van der Waals surface area contributed by atoms with Gasteiger partial charge in [-0.05, 0) is 27.2 Å². The van der Waals surface area contributed by atoms with Gasteiger partial charge in [0.15, 0.2) is 0 Å². The Balaban J connectivity index is 4.43. The van der Waals surface area contributed by atoms with Crippen molar-refractivity contribution >= 4 is 6.01 Å². The minimum atomic E-state index is 0.0938. The zero-order chi connectivity index (χ0) is 8.20. The van der Waals surface area contributed by atoms with Gasteiger partial charge in [-0.15, -0.1) is 0 Å². The Hall–Kier alpha value is -0.620. The molecule has 0 saturated carbocycles. The van der Waals surface area contributed by atoms with Crippen LogP contribution in [0.4, 0.5) is 0 Å². The van der Waals surface area contributed by atoms with Gasteiger partial charge in [0.2, 0.25) is 0 Å². The third-order valence-corrected chi connectivity index (χ3v) is 2.05. The molecule has 0 heterocycles. The van der Waals surface area contributed by atoms with Crippen molar-refractivity contribution < 1.29 is 4.58 Å². The molecular formula is C8H17N2+. The number of hydrogen-bond acceptors (Lipinski definition) is 1. The van der Waals surface area contributed by atoms with Crippen LogP contribution in [0.15, 0.2) is 0 Å². The van der Waals surface area contributed by atoms with E-state index in [-0.39, 0.29) is 5.54 Å². The van der Waals surface area contributed by atoms with E-state index in [2.05, 4.69) is 26.8 Å². The SMILES string of the molecule is CC[N+](=C=N)C(C)(C)CC. The average molecular weight is 141 g/mol. The second kappa shape index (κ2) is 3.52. The highest BCUT2D eigenvalue weighted by molar-refractivity contribution is 5.28. The van der Waals surface area contributed by atoms with Crippen LogP contribution in [0.3, 0.4) is 0 Å². The third kappa shape index (κ3) is 1.96. The van der Waals surface area contributed by atoms with Crippen molar-refractivity contribution in [2.24, 2.45) is 0 Å². The van der Waals surface area contributed by atoms with Crippen molar-refractivity contribution in [3.63, 3.8) is 0 Å². The topological polar surface area (TPSA) is 26.9 Å². The highest BCUT2D eigenvalue weighted by Crippen LogP contribution is 2.11. The van der Waals surface area contributed by atoms with Crippen molar-refractivity contribution in [2.75, 3.05) is 6.54 Å². The summed E-state index contributed by atoms with van der Waals surface area (Å²) in [6.07, 6.45) is 1.05. The summed E-state index contributed by atoms with van der Waals surface area (Å²) in [5.74, 6) is 0. The smallest absolute Gasteiger partial charge is 0.216 e. The van der Waals surface area contributed by atoms with Crippen molar-refractivity contribution in [1.29, 1.82) is 5.41 Å². The van der Waals surface area contributed by atoms with E-state index in [0.717, 1.165) is 13.0 Å². The first kappa shape index (κ1) is 9.38. The maximum absolute atomic E-state index is 6.99. The molecule has 2 nitrogen and oxygen atoms in total. The average Bonchev–Trinajstić information content (AvgIpc) is 1.90. The number of nitrogens with one attached hydrogen (secondary N) is 1. The molecule has 2 heteroatoms. The van der Waals surface area contributed by atoms with E-state index >= 15 is 0 Å². The normalized spacial score (nSPS) is 10.8. The van der Waals surface area contributed by atoms with Crippen molar-refractivity contribution in [3.05, 3.63) is 0 Å². The quantitative estimate of drug-likeness (QED) is 0.459. The maximum atomic E-state index is 6.99. The number of nitrogens with zero attached hydrogens (tertiary/aromatic N) is 1. The first-order chi connectivity index (χ1) is 4.58. The standard InChI is InChI=1S/C8H17N2/c1-5-8(3,4)10(6-2)7-9/h9H,5-6H2,1-4H3/q+1. The Bertz CT molecular complexity index is 153. The molecule has 0 aliphatic carbocycles. The van der Waals surface area contributed by atoms with Crippen LogP contribution in [0, 0.1) is 5.41 Å². The molecule has 58 valence electrons. The third-order valence-electron chi connectivity index (χ3n) is 2.05. The lowest BCUT2D eigenvalue weighted by Gasteiger charge is -2.20. The number of hydrogen-bond donors (Lipinski definition) is 1. The molecule has 0 rings (SSSR count). The molecule has 0 radical (unpaired) electrons. The van der Waals surface area contributed by atoms with Gasteiger partial charge >= 0.3 is 6.01 Å². The summed E-state index contributed by atoms with van der Waals surface area (Å²) in [7, 11) is 0. The first-order valence-corrected chi connectivity index (χ1v) is 3.78. The molecule has 0 aromatic rings. The van der Waals surface area contributed by atoms with Crippen LogP contribution in [-0.4, -0.2) is 22.7 Å². The van der Waals surface area contributed by atoms with E-state index in [1.165, 1.54) is 0 Å². The van der Waals surface area contributed by atoms with Gasteiger partial charge in [-0.1, -0.05) is 12.3 Å². The highest BCUT2D eigenvalue weighted by Gasteiger charge is 2.22. The van der Waals surface area contributed by atoms with Gasteiger partial charge in [0, 0.05) is 0 Å².